The van der Waals surface area contributed by atoms with Gasteiger partial charge in [0, 0.05) is 0 Å². The Balaban J connectivity index is 3.18. The lowest BCUT2D eigenvalue weighted by atomic mass is 10.2. The Hall–Kier alpha value is 0.0600. The largest absolute Gasteiger partial charge is 0.411 e. The van der Waals surface area contributed by atoms with Crippen molar-refractivity contribution in [2.24, 2.45) is 11.7 Å². The van der Waals surface area contributed by atoms with E-state index in [1.54, 1.807) is 0 Å². The van der Waals surface area contributed by atoms with Gasteiger partial charge in [0.1, 0.15) is 6.61 Å². The molecular weight excluding hydrogens is 203 g/mol. The molecule has 2 N–H and O–H groups in total. The SMILES string of the molecule is CC(CN)CSCOCC(F)(F)F. The lowest BCUT2D eigenvalue weighted by Gasteiger charge is -2.09. The fourth-order valence-electron chi connectivity index (χ4n) is 0.534. The highest BCUT2D eigenvalue weighted by Gasteiger charge is 2.27. The van der Waals surface area contributed by atoms with E-state index in [-0.39, 0.29) is 5.94 Å². The molecular formula is C7H14F3NOS. The molecule has 0 aromatic heterocycles. The molecule has 13 heavy (non-hydrogen) atoms. The summed E-state index contributed by atoms with van der Waals surface area (Å²) in [5.74, 6) is 1.12. The molecule has 1 atom stereocenters. The minimum atomic E-state index is -4.22. The highest BCUT2D eigenvalue weighted by atomic mass is 32.2. The van der Waals surface area contributed by atoms with Crippen LogP contribution in [0.3, 0.4) is 0 Å². The molecule has 0 saturated heterocycles. The van der Waals surface area contributed by atoms with E-state index in [1.807, 2.05) is 6.92 Å². The van der Waals surface area contributed by atoms with E-state index in [2.05, 4.69) is 4.74 Å². The van der Waals surface area contributed by atoms with Gasteiger partial charge in [-0.25, -0.2) is 0 Å². The molecule has 0 aliphatic rings. The third-order valence-electron chi connectivity index (χ3n) is 1.24. The molecule has 0 fully saturated rings. The van der Waals surface area contributed by atoms with E-state index in [0.717, 1.165) is 5.75 Å². The number of alkyl halides is 3. The Kier molecular flexibility index (Phi) is 6.53. The maximum atomic E-state index is 11.6. The number of halogens is 3. The average molecular weight is 217 g/mol. The first-order valence-electron chi connectivity index (χ1n) is 3.88. The van der Waals surface area contributed by atoms with Gasteiger partial charge >= 0.3 is 6.18 Å². The first kappa shape index (κ1) is 13.1. The van der Waals surface area contributed by atoms with Crippen LogP contribution in [0.25, 0.3) is 0 Å². The molecule has 0 heterocycles. The topological polar surface area (TPSA) is 35.2 Å². The van der Waals surface area contributed by atoms with Crippen molar-refractivity contribution in [2.75, 3.05) is 24.8 Å². The molecule has 2 nitrogen and oxygen atoms in total. The summed E-state index contributed by atoms with van der Waals surface area (Å²) < 4.78 is 39.1. The van der Waals surface area contributed by atoms with Crippen LogP contribution in [0.4, 0.5) is 13.2 Å². The van der Waals surface area contributed by atoms with E-state index in [9.17, 15) is 13.2 Å². The van der Waals surface area contributed by atoms with Crippen molar-refractivity contribution in [2.45, 2.75) is 13.1 Å². The number of nitrogens with two attached hydrogens (primary N) is 1. The standard InChI is InChI=1S/C7H14F3NOS/c1-6(2-11)3-13-5-12-4-7(8,9)10/h6H,2-5,11H2,1H3. The van der Waals surface area contributed by atoms with Crippen LogP contribution in [0.5, 0.6) is 0 Å². The second-order valence-corrected chi connectivity index (χ2v) is 3.77. The molecule has 0 radical (unpaired) electrons. The van der Waals surface area contributed by atoms with Gasteiger partial charge in [0.15, 0.2) is 0 Å². The van der Waals surface area contributed by atoms with E-state index in [0.29, 0.717) is 12.5 Å². The lowest BCUT2D eigenvalue weighted by Crippen LogP contribution is -2.17. The van der Waals surface area contributed by atoms with Crippen molar-refractivity contribution >= 4 is 11.8 Å². The number of thioether (sulfide) groups is 1. The number of ether oxygens (including phenoxy) is 1. The highest BCUT2D eigenvalue weighted by molar-refractivity contribution is 7.99. The van der Waals surface area contributed by atoms with Gasteiger partial charge in [-0.05, 0) is 18.2 Å². The second kappa shape index (κ2) is 6.50. The molecule has 0 bridgehead atoms. The van der Waals surface area contributed by atoms with Gasteiger partial charge in [-0.3, -0.25) is 0 Å². The molecule has 0 amide bonds. The molecule has 0 spiro atoms. The molecule has 6 heteroatoms. The van der Waals surface area contributed by atoms with Crippen LogP contribution in [-0.4, -0.2) is 31.0 Å². The van der Waals surface area contributed by atoms with Crippen LogP contribution in [0.1, 0.15) is 6.92 Å². The third kappa shape index (κ3) is 9.98. The predicted octanol–water partition coefficient (Wildman–Crippen LogP) is 1.85. The van der Waals surface area contributed by atoms with E-state index >= 15 is 0 Å². The summed E-state index contributed by atoms with van der Waals surface area (Å²) in [7, 11) is 0. The number of hydrogen-bond acceptors (Lipinski definition) is 3. The van der Waals surface area contributed by atoms with Crippen LogP contribution >= 0.6 is 11.8 Å². The van der Waals surface area contributed by atoms with Crippen molar-refractivity contribution in [3.05, 3.63) is 0 Å². The Morgan fingerprint density at radius 2 is 2.08 bits per heavy atom. The van der Waals surface area contributed by atoms with Crippen LogP contribution in [-0.2, 0) is 4.74 Å². The van der Waals surface area contributed by atoms with Crippen LogP contribution in [0.15, 0.2) is 0 Å². The zero-order valence-corrected chi connectivity index (χ0v) is 8.25. The predicted molar refractivity (Wildman–Crippen MR) is 47.6 cm³/mol. The molecule has 0 saturated carbocycles. The first-order valence-corrected chi connectivity index (χ1v) is 5.03. The van der Waals surface area contributed by atoms with Gasteiger partial charge in [-0.2, -0.15) is 13.2 Å². The van der Waals surface area contributed by atoms with Crippen LogP contribution < -0.4 is 5.73 Å². The lowest BCUT2D eigenvalue weighted by molar-refractivity contribution is -0.168. The Morgan fingerprint density at radius 1 is 1.46 bits per heavy atom. The number of hydrogen-bond donors (Lipinski definition) is 1. The van der Waals surface area contributed by atoms with E-state index < -0.39 is 12.8 Å². The molecule has 0 rings (SSSR count). The molecule has 0 aromatic rings. The zero-order chi connectivity index (χ0) is 10.3. The quantitative estimate of drug-likeness (QED) is 0.544. The second-order valence-electron chi connectivity index (χ2n) is 2.79. The first-order chi connectivity index (χ1) is 5.95. The summed E-state index contributed by atoms with van der Waals surface area (Å²) in [5.41, 5.74) is 5.32. The monoisotopic (exact) mass is 217 g/mol. The zero-order valence-electron chi connectivity index (χ0n) is 7.43. The van der Waals surface area contributed by atoms with Gasteiger partial charge in [-0.15, -0.1) is 11.8 Å². The van der Waals surface area contributed by atoms with Gasteiger partial charge in [0.2, 0.25) is 0 Å². The fourth-order valence-corrected chi connectivity index (χ4v) is 1.37. The van der Waals surface area contributed by atoms with Crippen LogP contribution in [0.2, 0.25) is 0 Å². The van der Waals surface area contributed by atoms with Gasteiger partial charge < -0.3 is 10.5 Å². The summed E-state index contributed by atoms with van der Waals surface area (Å²) in [4.78, 5) is 0. The smallest absolute Gasteiger partial charge is 0.361 e. The Morgan fingerprint density at radius 3 is 2.54 bits per heavy atom. The summed E-state index contributed by atoms with van der Waals surface area (Å²) in [6, 6.07) is 0. The van der Waals surface area contributed by atoms with Crippen molar-refractivity contribution in [1.29, 1.82) is 0 Å². The minimum Gasteiger partial charge on any atom is -0.361 e. The van der Waals surface area contributed by atoms with Crippen molar-refractivity contribution in [1.82, 2.24) is 0 Å². The maximum absolute atomic E-state index is 11.6. The van der Waals surface area contributed by atoms with Crippen molar-refractivity contribution in [3.63, 3.8) is 0 Å². The van der Waals surface area contributed by atoms with Crippen molar-refractivity contribution in [3.8, 4) is 0 Å². The molecule has 0 aliphatic heterocycles. The summed E-state index contributed by atoms with van der Waals surface area (Å²) in [6.07, 6.45) is -4.22. The molecule has 0 aliphatic carbocycles. The Labute approximate surface area is 80.0 Å². The third-order valence-corrected chi connectivity index (χ3v) is 2.38. The highest BCUT2D eigenvalue weighted by Crippen LogP contribution is 2.16. The molecule has 80 valence electrons. The fraction of sp³-hybridized carbons (Fsp3) is 1.00. The van der Waals surface area contributed by atoms with Gasteiger partial charge in [0.25, 0.3) is 0 Å². The summed E-state index contributed by atoms with van der Waals surface area (Å²) in [6.45, 7) is 1.32. The van der Waals surface area contributed by atoms with Crippen LogP contribution in [0, 0.1) is 5.92 Å². The maximum Gasteiger partial charge on any atom is 0.411 e. The minimum absolute atomic E-state index is 0.0733. The summed E-state index contributed by atoms with van der Waals surface area (Å²) >= 11 is 1.32. The number of rotatable bonds is 6. The van der Waals surface area contributed by atoms with Crippen molar-refractivity contribution < 1.29 is 17.9 Å². The molecule has 0 aromatic carbocycles. The van der Waals surface area contributed by atoms with Gasteiger partial charge in [0.05, 0.1) is 5.94 Å². The summed E-state index contributed by atoms with van der Waals surface area (Å²) in [5, 5.41) is 0. The van der Waals surface area contributed by atoms with E-state index in [1.165, 1.54) is 11.8 Å². The normalized spacial score (nSPS) is 14.5. The van der Waals surface area contributed by atoms with E-state index in [4.69, 9.17) is 5.73 Å². The average Bonchev–Trinajstić information content (AvgIpc) is 2.01. The Bertz CT molecular complexity index is 131. The van der Waals surface area contributed by atoms with Gasteiger partial charge in [-0.1, -0.05) is 6.92 Å². The molecule has 1 unspecified atom stereocenters.